The fourth-order valence-corrected chi connectivity index (χ4v) is 3.27. The molecule has 0 amide bonds. The lowest BCUT2D eigenvalue weighted by atomic mass is 9.97. The summed E-state index contributed by atoms with van der Waals surface area (Å²) < 4.78 is 0.377. The Hall–Kier alpha value is 0.270. The van der Waals surface area contributed by atoms with E-state index in [1.807, 2.05) is 11.8 Å². The smallest absolute Gasteiger partial charge is 0.0225 e. The molecule has 0 spiro atoms. The second kappa shape index (κ2) is 4.87. The van der Waals surface area contributed by atoms with E-state index in [2.05, 4.69) is 37.4 Å². The minimum absolute atomic E-state index is 0.377. The van der Waals surface area contributed by atoms with Crippen molar-refractivity contribution in [2.75, 3.05) is 19.8 Å². The number of hydrogen-bond donors (Lipinski definition) is 1. The number of thioether (sulfide) groups is 1. The summed E-state index contributed by atoms with van der Waals surface area (Å²) in [7, 11) is 2.31. The summed E-state index contributed by atoms with van der Waals surface area (Å²) in [4.78, 5) is 2.61. The molecule has 0 saturated carbocycles. The van der Waals surface area contributed by atoms with Crippen molar-refractivity contribution in [3.05, 3.63) is 0 Å². The van der Waals surface area contributed by atoms with Crippen LogP contribution in [0.1, 0.15) is 39.5 Å². The van der Waals surface area contributed by atoms with Crippen molar-refractivity contribution < 1.29 is 0 Å². The minimum Gasteiger partial charge on any atom is -0.313 e. The van der Waals surface area contributed by atoms with Gasteiger partial charge >= 0.3 is 0 Å². The first-order valence-corrected chi connectivity index (χ1v) is 7.75. The molecule has 2 fully saturated rings. The maximum Gasteiger partial charge on any atom is 0.0225 e. The van der Waals surface area contributed by atoms with Crippen LogP contribution in [0.3, 0.4) is 0 Å². The van der Waals surface area contributed by atoms with E-state index in [0.717, 1.165) is 24.7 Å². The number of rotatable bonds is 4. The number of nitrogens with zero attached hydrogens (tertiary/aromatic N) is 1. The molecule has 0 radical (unpaired) electrons. The number of piperidine rings is 1. The molecule has 0 aromatic rings. The number of nitrogens with one attached hydrogen (secondary N) is 1. The third-order valence-electron chi connectivity index (χ3n) is 4.47. The zero-order chi connectivity index (χ0) is 11.8. The predicted molar refractivity (Wildman–Crippen MR) is 73.2 cm³/mol. The van der Waals surface area contributed by atoms with E-state index in [1.165, 1.54) is 25.7 Å². The summed E-state index contributed by atoms with van der Waals surface area (Å²) in [5, 5.41) is 3.79. The Labute approximate surface area is 105 Å². The normalized spacial score (nSPS) is 35.6. The Morgan fingerprint density at radius 1 is 1.25 bits per heavy atom. The van der Waals surface area contributed by atoms with Gasteiger partial charge in [0.1, 0.15) is 0 Å². The molecule has 1 N–H and O–H groups in total. The van der Waals surface area contributed by atoms with Crippen LogP contribution in [0.25, 0.3) is 0 Å². The molecule has 2 saturated heterocycles. The Kier molecular flexibility index (Phi) is 3.87. The van der Waals surface area contributed by atoms with Gasteiger partial charge in [-0.3, -0.25) is 0 Å². The monoisotopic (exact) mass is 242 g/mol. The highest BCUT2D eigenvalue weighted by atomic mass is 32.2. The molecule has 2 atom stereocenters. The minimum atomic E-state index is 0.377. The van der Waals surface area contributed by atoms with Crippen molar-refractivity contribution in [3.8, 4) is 0 Å². The summed E-state index contributed by atoms with van der Waals surface area (Å²) in [5.41, 5.74) is 0. The molecule has 2 aliphatic rings. The first kappa shape index (κ1) is 12.7. The Bertz CT molecular complexity index is 228. The van der Waals surface area contributed by atoms with Gasteiger partial charge in [0.25, 0.3) is 0 Å². The van der Waals surface area contributed by atoms with Crippen LogP contribution in [-0.4, -0.2) is 47.6 Å². The van der Waals surface area contributed by atoms with E-state index in [9.17, 15) is 0 Å². The molecular weight excluding hydrogens is 216 g/mol. The van der Waals surface area contributed by atoms with E-state index in [4.69, 9.17) is 0 Å². The van der Waals surface area contributed by atoms with Crippen molar-refractivity contribution in [3.63, 3.8) is 0 Å². The lowest BCUT2D eigenvalue weighted by Crippen LogP contribution is -2.49. The molecule has 0 aromatic carbocycles. The maximum absolute atomic E-state index is 3.79. The maximum atomic E-state index is 3.79. The predicted octanol–water partition coefficient (Wildman–Crippen LogP) is 2.34. The van der Waals surface area contributed by atoms with Crippen LogP contribution in [0.15, 0.2) is 0 Å². The Balaban J connectivity index is 1.81. The van der Waals surface area contributed by atoms with E-state index in [1.54, 1.807) is 0 Å². The quantitative estimate of drug-likeness (QED) is 0.814. The van der Waals surface area contributed by atoms with Crippen LogP contribution in [0.2, 0.25) is 0 Å². The van der Waals surface area contributed by atoms with Gasteiger partial charge in [-0.1, -0.05) is 0 Å². The van der Waals surface area contributed by atoms with Crippen LogP contribution in [-0.2, 0) is 0 Å². The fraction of sp³-hybridized carbons (Fsp3) is 1.00. The molecule has 2 unspecified atom stereocenters. The van der Waals surface area contributed by atoms with Crippen LogP contribution < -0.4 is 5.32 Å². The highest BCUT2D eigenvalue weighted by Gasteiger charge is 2.38. The van der Waals surface area contributed by atoms with Crippen molar-refractivity contribution in [1.29, 1.82) is 0 Å². The van der Waals surface area contributed by atoms with Gasteiger partial charge in [-0.05, 0) is 52.8 Å². The van der Waals surface area contributed by atoms with Crippen molar-refractivity contribution in [2.45, 2.75) is 62.4 Å². The molecule has 3 heteroatoms. The molecule has 2 bridgehead atoms. The second-order valence-electron chi connectivity index (χ2n) is 6.06. The Morgan fingerprint density at radius 3 is 2.31 bits per heavy atom. The van der Waals surface area contributed by atoms with Crippen LogP contribution in [0, 0.1) is 0 Å². The summed E-state index contributed by atoms with van der Waals surface area (Å²) in [6, 6.07) is 2.47. The van der Waals surface area contributed by atoms with Gasteiger partial charge in [0.15, 0.2) is 0 Å². The molecular formula is C13H26N2S. The second-order valence-corrected chi connectivity index (χ2v) is 7.58. The standard InChI is InChI=1S/C13H26N2S/c1-13(2,16-4)9-14-10-7-11-5-6-12(8-10)15(11)3/h10-12,14H,5-9H2,1-4H3. The molecule has 2 aliphatic heterocycles. The van der Waals surface area contributed by atoms with Gasteiger partial charge < -0.3 is 10.2 Å². The topological polar surface area (TPSA) is 15.3 Å². The fourth-order valence-electron chi connectivity index (χ4n) is 3.04. The molecule has 16 heavy (non-hydrogen) atoms. The van der Waals surface area contributed by atoms with Gasteiger partial charge in [-0.25, -0.2) is 0 Å². The molecule has 94 valence electrons. The third-order valence-corrected chi connectivity index (χ3v) is 5.72. The highest BCUT2D eigenvalue weighted by molar-refractivity contribution is 7.99. The molecule has 2 nitrogen and oxygen atoms in total. The van der Waals surface area contributed by atoms with Gasteiger partial charge in [-0.2, -0.15) is 11.8 Å². The SMILES string of the molecule is CSC(C)(C)CNC1CC2CCC(C1)N2C. The van der Waals surface area contributed by atoms with E-state index in [0.29, 0.717) is 4.75 Å². The van der Waals surface area contributed by atoms with Gasteiger partial charge in [0, 0.05) is 29.4 Å². The van der Waals surface area contributed by atoms with Crippen molar-refractivity contribution in [2.24, 2.45) is 0 Å². The largest absolute Gasteiger partial charge is 0.313 e. The summed E-state index contributed by atoms with van der Waals surface area (Å²) in [5.74, 6) is 0. The zero-order valence-electron chi connectivity index (χ0n) is 11.1. The van der Waals surface area contributed by atoms with Gasteiger partial charge in [0.2, 0.25) is 0 Å². The van der Waals surface area contributed by atoms with Crippen LogP contribution in [0.4, 0.5) is 0 Å². The van der Waals surface area contributed by atoms with Crippen molar-refractivity contribution >= 4 is 11.8 Å². The number of hydrogen-bond acceptors (Lipinski definition) is 3. The molecule has 2 rings (SSSR count). The molecule has 0 aliphatic carbocycles. The summed E-state index contributed by atoms with van der Waals surface area (Å²) >= 11 is 1.96. The summed E-state index contributed by atoms with van der Waals surface area (Å²) in [6.45, 7) is 5.80. The lowest BCUT2D eigenvalue weighted by molar-refractivity contribution is 0.148. The van der Waals surface area contributed by atoms with E-state index >= 15 is 0 Å². The van der Waals surface area contributed by atoms with E-state index in [-0.39, 0.29) is 0 Å². The average molecular weight is 242 g/mol. The number of fused-ring (bicyclic) bond motifs is 2. The lowest BCUT2D eigenvalue weighted by Gasteiger charge is -2.38. The van der Waals surface area contributed by atoms with E-state index < -0.39 is 0 Å². The average Bonchev–Trinajstić information content (AvgIpc) is 2.51. The first-order chi connectivity index (χ1) is 7.52. The zero-order valence-corrected chi connectivity index (χ0v) is 11.9. The van der Waals surface area contributed by atoms with Gasteiger partial charge in [-0.15, -0.1) is 0 Å². The molecule has 0 aromatic heterocycles. The molecule has 2 heterocycles. The van der Waals surface area contributed by atoms with Crippen molar-refractivity contribution in [1.82, 2.24) is 10.2 Å². The summed E-state index contributed by atoms with van der Waals surface area (Å²) in [6.07, 6.45) is 7.77. The Morgan fingerprint density at radius 2 is 1.81 bits per heavy atom. The van der Waals surface area contributed by atoms with Crippen LogP contribution >= 0.6 is 11.8 Å². The van der Waals surface area contributed by atoms with Crippen LogP contribution in [0.5, 0.6) is 0 Å². The first-order valence-electron chi connectivity index (χ1n) is 6.52. The highest BCUT2D eigenvalue weighted by Crippen LogP contribution is 2.34. The van der Waals surface area contributed by atoms with Gasteiger partial charge in [0.05, 0.1) is 0 Å². The third kappa shape index (κ3) is 2.74.